The molecule has 2 rings (SSSR count). The Morgan fingerprint density at radius 2 is 2.12 bits per heavy atom. The summed E-state index contributed by atoms with van der Waals surface area (Å²) >= 11 is 1.70. The normalized spacial score (nSPS) is 25.6. The van der Waals surface area contributed by atoms with Gasteiger partial charge in [0.05, 0.1) is 0 Å². The first-order valence-electron chi connectivity index (χ1n) is 5.88. The van der Waals surface area contributed by atoms with Crippen LogP contribution >= 0.6 is 11.8 Å². The van der Waals surface area contributed by atoms with Gasteiger partial charge in [-0.1, -0.05) is 18.6 Å². The molecule has 0 amide bonds. The summed E-state index contributed by atoms with van der Waals surface area (Å²) in [6.45, 7) is 0. The van der Waals surface area contributed by atoms with Gasteiger partial charge in [-0.05, 0) is 38.4 Å². The first-order chi connectivity index (χ1) is 7.79. The molecule has 0 aliphatic heterocycles. The molecule has 16 heavy (non-hydrogen) atoms. The highest BCUT2D eigenvalue weighted by molar-refractivity contribution is 8.00. The summed E-state index contributed by atoms with van der Waals surface area (Å²) in [5, 5.41) is 3.89. The van der Waals surface area contributed by atoms with Crippen LogP contribution in [0.4, 0.5) is 4.39 Å². The fraction of sp³-hybridized carbons (Fsp3) is 0.538. The van der Waals surface area contributed by atoms with Crippen molar-refractivity contribution < 1.29 is 4.39 Å². The van der Waals surface area contributed by atoms with Crippen LogP contribution in [0.25, 0.3) is 0 Å². The molecule has 3 heteroatoms. The smallest absolute Gasteiger partial charge is 0.136 e. The third-order valence-electron chi connectivity index (χ3n) is 3.16. The average molecular weight is 239 g/mol. The first kappa shape index (κ1) is 11.9. The second-order valence-electron chi connectivity index (χ2n) is 4.32. The topological polar surface area (TPSA) is 12.0 Å². The maximum Gasteiger partial charge on any atom is 0.136 e. The Bertz CT molecular complexity index is 342. The number of rotatable bonds is 3. The summed E-state index contributed by atoms with van der Waals surface area (Å²) in [5.74, 6) is -0.0842. The minimum Gasteiger partial charge on any atom is -0.317 e. The zero-order valence-electron chi connectivity index (χ0n) is 9.58. The number of halogens is 1. The van der Waals surface area contributed by atoms with Gasteiger partial charge in [0.25, 0.3) is 0 Å². The van der Waals surface area contributed by atoms with Gasteiger partial charge in [-0.2, -0.15) is 0 Å². The van der Waals surface area contributed by atoms with Crippen LogP contribution in [0.3, 0.4) is 0 Å². The van der Waals surface area contributed by atoms with Gasteiger partial charge >= 0.3 is 0 Å². The van der Waals surface area contributed by atoms with Crippen LogP contribution in [0.1, 0.15) is 25.7 Å². The van der Waals surface area contributed by atoms with Gasteiger partial charge in [-0.15, -0.1) is 11.8 Å². The van der Waals surface area contributed by atoms with Crippen molar-refractivity contribution in [1.82, 2.24) is 5.32 Å². The molecule has 88 valence electrons. The molecule has 1 N–H and O–H groups in total. The van der Waals surface area contributed by atoms with Crippen molar-refractivity contribution in [2.24, 2.45) is 0 Å². The molecule has 0 heterocycles. The highest BCUT2D eigenvalue weighted by Crippen LogP contribution is 2.34. The largest absolute Gasteiger partial charge is 0.317 e. The second kappa shape index (κ2) is 5.69. The van der Waals surface area contributed by atoms with Crippen LogP contribution in [0.15, 0.2) is 29.2 Å². The molecule has 1 aliphatic carbocycles. The van der Waals surface area contributed by atoms with Crippen LogP contribution in [-0.4, -0.2) is 18.3 Å². The van der Waals surface area contributed by atoms with E-state index < -0.39 is 0 Å². The maximum absolute atomic E-state index is 13.5. The van der Waals surface area contributed by atoms with E-state index in [2.05, 4.69) is 5.32 Å². The van der Waals surface area contributed by atoms with Crippen LogP contribution in [0.5, 0.6) is 0 Å². The Balaban J connectivity index is 1.97. The summed E-state index contributed by atoms with van der Waals surface area (Å²) < 4.78 is 13.5. The molecule has 1 fully saturated rings. The van der Waals surface area contributed by atoms with Crippen molar-refractivity contribution in [2.75, 3.05) is 7.05 Å². The fourth-order valence-corrected chi connectivity index (χ4v) is 3.54. The van der Waals surface area contributed by atoms with E-state index in [0.717, 1.165) is 11.3 Å². The zero-order chi connectivity index (χ0) is 11.4. The van der Waals surface area contributed by atoms with E-state index in [0.29, 0.717) is 11.3 Å². The summed E-state index contributed by atoms with van der Waals surface area (Å²) in [6.07, 6.45) is 4.86. The lowest BCUT2D eigenvalue weighted by Gasteiger charge is -2.28. The van der Waals surface area contributed by atoms with Gasteiger partial charge in [-0.25, -0.2) is 4.39 Å². The molecule has 1 aromatic carbocycles. The monoisotopic (exact) mass is 239 g/mol. The Labute approximate surface area is 101 Å². The van der Waals surface area contributed by atoms with Crippen molar-refractivity contribution in [3.8, 4) is 0 Å². The van der Waals surface area contributed by atoms with E-state index in [1.54, 1.807) is 23.9 Å². The number of nitrogens with one attached hydrogen (secondary N) is 1. The number of thioether (sulfide) groups is 1. The Hall–Kier alpha value is -0.540. The molecule has 0 aromatic heterocycles. The number of hydrogen-bond donors (Lipinski definition) is 1. The highest BCUT2D eigenvalue weighted by atomic mass is 32.2. The minimum atomic E-state index is -0.0842. The van der Waals surface area contributed by atoms with Gasteiger partial charge in [0.1, 0.15) is 5.82 Å². The lowest BCUT2D eigenvalue weighted by atomic mass is 9.95. The lowest BCUT2D eigenvalue weighted by Crippen LogP contribution is -2.32. The Morgan fingerprint density at radius 3 is 2.88 bits per heavy atom. The number of hydrogen-bond acceptors (Lipinski definition) is 2. The summed E-state index contributed by atoms with van der Waals surface area (Å²) in [4.78, 5) is 0.796. The van der Waals surface area contributed by atoms with E-state index in [-0.39, 0.29) is 5.82 Å². The van der Waals surface area contributed by atoms with Crippen molar-refractivity contribution >= 4 is 11.8 Å². The quantitative estimate of drug-likeness (QED) is 0.867. The van der Waals surface area contributed by atoms with E-state index in [9.17, 15) is 4.39 Å². The van der Waals surface area contributed by atoms with Crippen molar-refractivity contribution in [3.63, 3.8) is 0 Å². The molecule has 2 atom stereocenters. The van der Waals surface area contributed by atoms with E-state index in [4.69, 9.17) is 0 Å². The third-order valence-corrected chi connectivity index (χ3v) is 4.51. The molecular weight excluding hydrogens is 221 g/mol. The average Bonchev–Trinajstić information content (AvgIpc) is 2.32. The van der Waals surface area contributed by atoms with Crippen LogP contribution in [0, 0.1) is 5.82 Å². The van der Waals surface area contributed by atoms with Gasteiger partial charge in [0.2, 0.25) is 0 Å². The van der Waals surface area contributed by atoms with Crippen LogP contribution < -0.4 is 5.32 Å². The van der Waals surface area contributed by atoms with E-state index in [1.807, 2.05) is 19.2 Å². The lowest BCUT2D eigenvalue weighted by molar-refractivity contribution is 0.402. The van der Waals surface area contributed by atoms with Crippen LogP contribution in [-0.2, 0) is 0 Å². The van der Waals surface area contributed by atoms with Crippen molar-refractivity contribution in [1.29, 1.82) is 0 Å². The van der Waals surface area contributed by atoms with Gasteiger partial charge in [0, 0.05) is 16.2 Å². The van der Waals surface area contributed by atoms with Crippen molar-refractivity contribution in [2.45, 2.75) is 41.9 Å². The molecule has 1 saturated carbocycles. The summed E-state index contributed by atoms with van der Waals surface area (Å²) in [5.41, 5.74) is 0. The summed E-state index contributed by atoms with van der Waals surface area (Å²) in [7, 11) is 2.01. The molecule has 1 aromatic rings. The van der Waals surface area contributed by atoms with E-state index >= 15 is 0 Å². The predicted octanol–water partition coefficient (Wildman–Crippen LogP) is 3.45. The molecule has 0 saturated heterocycles. The molecule has 1 nitrogen and oxygen atoms in total. The Morgan fingerprint density at radius 1 is 1.31 bits per heavy atom. The van der Waals surface area contributed by atoms with Crippen LogP contribution in [0.2, 0.25) is 0 Å². The predicted molar refractivity (Wildman–Crippen MR) is 67.4 cm³/mol. The number of benzene rings is 1. The van der Waals surface area contributed by atoms with Crippen molar-refractivity contribution in [3.05, 3.63) is 30.1 Å². The molecule has 1 aliphatic rings. The molecule has 2 unspecified atom stereocenters. The zero-order valence-corrected chi connectivity index (χ0v) is 10.4. The van der Waals surface area contributed by atoms with Gasteiger partial charge in [-0.3, -0.25) is 0 Å². The minimum absolute atomic E-state index is 0.0842. The van der Waals surface area contributed by atoms with E-state index in [1.165, 1.54) is 19.3 Å². The second-order valence-corrected chi connectivity index (χ2v) is 5.66. The summed E-state index contributed by atoms with van der Waals surface area (Å²) in [6, 6.07) is 7.68. The first-order valence-corrected chi connectivity index (χ1v) is 6.76. The SMILES string of the molecule is CNC1CCCC(Sc2ccccc2F)C1. The maximum atomic E-state index is 13.5. The van der Waals surface area contributed by atoms with Gasteiger partial charge < -0.3 is 5.32 Å². The standard InChI is InChI=1S/C13H18FNS/c1-15-10-5-4-6-11(9-10)16-13-8-3-2-7-12(13)14/h2-3,7-8,10-11,15H,4-6,9H2,1H3. The Kier molecular flexibility index (Phi) is 4.24. The highest BCUT2D eigenvalue weighted by Gasteiger charge is 2.22. The third kappa shape index (κ3) is 2.98. The molecule has 0 bridgehead atoms. The van der Waals surface area contributed by atoms with Gasteiger partial charge in [0.15, 0.2) is 0 Å². The fourth-order valence-electron chi connectivity index (χ4n) is 2.23. The molecule has 0 radical (unpaired) electrons. The molecule has 0 spiro atoms. The molecular formula is C13H18FNS.